The maximum Gasteiger partial charge on any atom is 0.257 e. The predicted octanol–water partition coefficient (Wildman–Crippen LogP) is 4.24. The fourth-order valence-electron chi connectivity index (χ4n) is 2.26. The van der Waals surface area contributed by atoms with Crippen molar-refractivity contribution < 1.29 is 4.79 Å². The normalized spacial score (nSPS) is 10.2. The first-order valence-corrected chi connectivity index (χ1v) is 7.38. The van der Waals surface area contributed by atoms with Crippen molar-refractivity contribution in [2.24, 2.45) is 0 Å². The molecule has 0 fully saturated rings. The van der Waals surface area contributed by atoms with E-state index in [9.17, 15) is 4.79 Å². The molecule has 0 saturated carbocycles. The lowest BCUT2D eigenvalue weighted by Crippen LogP contribution is -2.15. The van der Waals surface area contributed by atoms with Crippen LogP contribution in [0.5, 0.6) is 0 Å². The van der Waals surface area contributed by atoms with Crippen LogP contribution in [0, 0.1) is 6.92 Å². The minimum absolute atomic E-state index is 0.0841. The van der Waals surface area contributed by atoms with Crippen molar-refractivity contribution in [3.8, 4) is 0 Å². The van der Waals surface area contributed by atoms with E-state index in [1.807, 2.05) is 50.2 Å². The van der Waals surface area contributed by atoms with Gasteiger partial charge in [0.05, 0.1) is 5.56 Å². The lowest BCUT2D eigenvalue weighted by atomic mass is 10.1. The second-order valence-electron chi connectivity index (χ2n) is 5.09. The summed E-state index contributed by atoms with van der Waals surface area (Å²) >= 11 is 0. The summed E-state index contributed by atoms with van der Waals surface area (Å²) in [5.74, 6) is -0.0841. The predicted molar refractivity (Wildman–Crippen MR) is 89.1 cm³/mol. The largest absolute Gasteiger partial charge is 0.385 e. The topological polar surface area (TPSA) is 41.1 Å². The van der Waals surface area contributed by atoms with E-state index in [1.54, 1.807) is 0 Å². The van der Waals surface area contributed by atoms with Crippen LogP contribution in [0.3, 0.4) is 0 Å². The zero-order valence-corrected chi connectivity index (χ0v) is 12.9. The third kappa shape index (κ3) is 3.85. The maximum atomic E-state index is 12.5. The molecule has 2 aromatic rings. The number of anilines is 2. The van der Waals surface area contributed by atoms with Crippen molar-refractivity contribution in [3.05, 3.63) is 59.2 Å². The highest BCUT2D eigenvalue weighted by molar-refractivity contribution is 6.08. The molecule has 0 unspecified atom stereocenters. The lowest BCUT2D eigenvalue weighted by Gasteiger charge is -2.12. The molecule has 1 amide bonds. The minimum atomic E-state index is -0.0841. The molecule has 2 aromatic carbocycles. The van der Waals surface area contributed by atoms with Gasteiger partial charge in [-0.05, 0) is 55.7 Å². The van der Waals surface area contributed by atoms with Gasteiger partial charge in [0.1, 0.15) is 0 Å². The number of rotatable bonds is 5. The van der Waals surface area contributed by atoms with Crippen LogP contribution >= 0.6 is 0 Å². The number of amides is 1. The summed E-state index contributed by atoms with van der Waals surface area (Å²) in [7, 11) is 0. The number of benzene rings is 2. The molecule has 3 heteroatoms. The van der Waals surface area contributed by atoms with Crippen LogP contribution in [0.1, 0.15) is 35.3 Å². The third-order valence-electron chi connectivity index (χ3n) is 3.38. The molecule has 0 atom stereocenters. The molecule has 21 heavy (non-hydrogen) atoms. The zero-order chi connectivity index (χ0) is 15.2. The van der Waals surface area contributed by atoms with E-state index >= 15 is 0 Å². The van der Waals surface area contributed by atoms with E-state index in [4.69, 9.17) is 0 Å². The lowest BCUT2D eigenvalue weighted by molar-refractivity contribution is 0.102. The number of hydrogen-bond acceptors (Lipinski definition) is 2. The fourth-order valence-corrected chi connectivity index (χ4v) is 2.26. The second-order valence-corrected chi connectivity index (χ2v) is 5.09. The molecule has 0 spiro atoms. The molecular formula is C18H22N2O. The number of carbonyl (C=O) groups excluding carboxylic acids is 1. The molecule has 0 aliphatic carbocycles. The van der Waals surface area contributed by atoms with Crippen molar-refractivity contribution in [2.45, 2.75) is 27.2 Å². The molecule has 0 aliphatic rings. The van der Waals surface area contributed by atoms with Gasteiger partial charge in [0.2, 0.25) is 0 Å². The Hall–Kier alpha value is -2.29. The highest BCUT2D eigenvalue weighted by atomic mass is 16.1. The van der Waals surface area contributed by atoms with Crippen LogP contribution in [0.2, 0.25) is 0 Å². The van der Waals surface area contributed by atoms with Gasteiger partial charge in [-0.3, -0.25) is 4.79 Å². The van der Waals surface area contributed by atoms with E-state index in [-0.39, 0.29) is 5.91 Å². The Labute approximate surface area is 126 Å². The highest BCUT2D eigenvalue weighted by Gasteiger charge is 2.11. The van der Waals surface area contributed by atoms with Crippen molar-refractivity contribution in [2.75, 3.05) is 17.2 Å². The van der Waals surface area contributed by atoms with Gasteiger partial charge < -0.3 is 10.6 Å². The van der Waals surface area contributed by atoms with Crippen LogP contribution in [0.25, 0.3) is 0 Å². The molecule has 2 N–H and O–H groups in total. The monoisotopic (exact) mass is 282 g/mol. The summed E-state index contributed by atoms with van der Waals surface area (Å²) < 4.78 is 0. The summed E-state index contributed by atoms with van der Waals surface area (Å²) in [4.78, 5) is 12.5. The summed E-state index contributed by atoms with van der Waals surface area (Å²) in [6.45, 7) is 6.93. The van der Waals surface area contributed by atoms with Crippen molar-refractivity contribution >= 4 is 17.3 Å². The smallest absolute Gasteiger partial charge is 0.257 e. The van der Waals surface area contributed by atoms with Gasteiger partial charge in [-0.2, -0.15) is 0 Å². The Balaban J connectivity index is 2.23. The van der Waals surface area contributed by atoms with Crippen LogP contribution in [0.15, 0.2) is 42.5 Å². The average Bonchev–Trinajstić information content (AvgIpc) is 2.48. The number of carbonyl (C=O) groups is 1. The number of nitrogens with one attached hydrogen (secondary N) is 2. The molecule has 0 bridgehead atoms. The summed E-state index contributed by atoms with van der Waals surface area (Å²) in [5.41, 5.74) is 4.73. The third-order valence-corrected chi connectivity index (χ3v) is 3.38. The summed E-state index contributed by atoms with van der Waals surface area (Å²) in [5, 5.41) is 6.22. The van der Waals surface area contributed by atoms with Crippen molar-refractivity contribution in [1.82, 2.24) is 0 Å². The standard InChI is InChI=1S/C18H22N2O/c1-4-14-7-6-8-15(12-14)20-18(21)16-10-9-13(3)11-17(16)19-5-2/h6-12,19H,4-5H2,1-3H3,(H,20,21). The molecule has 110 valence electrons. The van der Waals surface area contributed by atoms with Crippen LogP contribution in [-0.4, -0.2) is 12.5 Å². The molecule has 2 rings (SSSR count). The molecule has 0 aliphatic heterocycles. The first-order chi connectivity index (χ1) is 10.1. The molecule has 0 aromatic heterocycles. The first-order valence-electron chi connectivity index (χ1n) is 7.38. The van der Waals surface area contributed by atoms with Gasteiger partial charge in [-0.25, -0.2) is 0 Å². The van der Waals surface area contributed by atoms with Gasteiger partial charge in [-0.1, -0.05) is 25.1 Å². The van der Waals surface area contributed by atoms with Crippen molar-refractivity contribution in [1.29, 1.82) is 0 Å². The Morgan fingerprint density at radius 3 is 2.62 bits per heavy atom. The Bertz CT molecular complexity index is 635. The van der Waals surface area contributed by atoms with E-state index in [1.165, 1.54) is 5.56 Å². The zero-order valence-electron chi connectivity index (χ0n) is 12.9. The molecule has 3 nitrogen and oxygen atoms in total. The first kappa shape index (κ1) is 15.1. The van der Waals surface area contributed by atoms with Gasteiger partial charge in [0.25, 0.3) is 5.91 Å². The van der Waals surface area contributed by atoms with Gasteiger partial charge in [-0.15, -0.1) is 0 Å². The van der Waals surface area contributed by atoms with E-state index in [2.05, 4.69) is 23.6 Å². The van der Waals surface area contributed by atoms with Gasteiger partial charge >= 0.3 is 0 Å². The minimum Gasteiger partial charge on any atom is -0.385 e. The second kappa shape index (κ2) is 6.93. The van der Waals surface area contributed by atoms with Crippen molar-refractivity contribution in [3.63, 3.8) is 0 Å². The maximum absolute atomic E-state index is 12.5. The number of aryl methyl sites for hydroxylation is 2. The highest BCUT2D eigenvalue weighted by Crippen LogP contribution is 2.20. The Morgan fingerprint density at radius 1 is 1.10 bits per heavy atom. The summed E-state index contributed by atoms with van der Waals surface area (Å²) in [6.07, 6.45) is 0.955. The quantitative estimate of drug-likeness (QED) is 0.861. The number of hydrogen-bond donors (Lipinski definition) is 2. The fraction of sp³-hybridized carbons (Fsp3) is 0.278. The van der Waals surface area contributed by atoms with E-state index < -0.39 is 0 Å². The van der Waals surface area contributed by atoms with Gasteiger partial charge in [0, 0.05) is 17.9 Å². The summed E-state index contributed by atoms with van der Waals surface area (Å²) in [6, 6.07) is 13.8. The SMILES string of the molecule is CCNc1cc(C)ccc1C(=O)Nc1cccc(CC)c1. The Morgan fingerprint density at radius 2 is 1.90 bits per heavy atom. The van der Waals surface area contributed by atoms with Crippen LogP contribution in [0.4, 0.5) is 11.4 Å². The van der Waals surface area contributed by atoms with Crippen LogP contribution in [-0.2, 0) is 6.42 Å². The molecule has 0 heterocycles. The van der Waals surface area contributed by atoms with Gasteiger partial charge in [0.15, 0.2) is 0 Å². The van der Waals surface area contributed by atoms with E-state index in [0.717, 1.165) is 29.9 Å². The Kier molecular flexibility index (Phi) is 4.99. The molecule has 0 saturated heterocycles. The molecule has 0 radical (unpaired) electrons. The van der Waals surface area contributed by atoms with Crippen LogP contribution < -0.4 is 10.6 Å². The van der Waals surface area contributed by atoms with E-state index in [0.29, 0.717) is 5.56 Å². The average molecular weight is 282 g/mol. The molecular weight excluding hydrogens is 260 g/mol.